The Morgan fingerprint density at radius 3 is 2.05 bits per heavy atom. The number of nitrogens with zero attached hydrogens (tertiary/aromatic N) is 3. The Kier molecular flexibility index (Phi) is 6.59. The molecular weight excluding hydrogens is 526 g/mol. The lowest BCUT2D eigenvalue weighted by atomic mass is 9.78. The van der Waals surface area contributed by atoms with Crippen LogP contribution in [0.5, 0.6) is 5.75 Å². The molecule has 0 unspecified atom stereocenters. The van der Waals surface area contributed by atoms with Gasteiger partial charge in [0.2, 0.25) is 0 Å². The first-order valence-corrected chi connectivity index (χ1v) is 14.5. The summed E-state index contributed by atoms with van der Waals surface area (Å²) in [5.41, 5.74) is 9.89. The topological polar surface area (TPSA) is 50.9 Å². The third-order valence-corrected chi connectivity index (χ3v) is 8.31. The van der Waals surface area contributed by atoms with E-state index in [1.165, 1.54) is 11.1 Å². The molecule has 0 amide bonds. The minimum absolute atomic E-state index is 0.150. The van der Waals surface area contributed by atoms with Crippen LogP contribution in [0.3, 0.4) is 0 Å². The van der Waals surface area contributed by atoms with Crippen LogP contribution in [0.1, 0.15) is 25.0 Å². The lowest BCUT2D eigenvalue weighted by Crippen LogP contribution is -2.18. The average Bonchev–Trinajstić information content (AvgIpc) is 3.45. The summed E-state index contributed by atoms with van der Waals surface area (Å²) in [6.07, 6.45) is 1.81. The summed E-state index contributed by atoms with van der Waals surface area (Å²) in [6.45, 7) is 4.51. The predicted molar refractivity (Wildman–Crippen MR) is 175 cm³/mol. The fraction of sp³-hybridized carbons (Fsp3) is 0.0769. The average molecular weight is 558 g/mol. The maximum atomic E-state index is 10.9. The second kappa shape index (κ2) is 10.7. The molecule has 0 fully saturated rings. The highest BCUT2D eigenvalue weighted by atomic mass is 16.3. The first-order chi connectivity index (χ1) is 21.0. The molecule has 0 aliphatic carbocycles. The Morgan fingerprint density at radius 2 is 1.28 bits per heavy atom. The molecule has 7 rings (SSSR count). The summed E-state index contributed by atoms with van der Waals surface area (Å²) in [6, 6.07) is 47.3. The van der Waals surface area contributed by atoms with Crippen LogP contribution in [0.2, 0.25) is 0 Å². The first kappa shape index (κ1) is 26.4. The van der Waals surface area contributed by atoms with Gasteiger partial charge in [-0.2, -0.15) is 0 Å². The molecule has 0 bridgehead atoms. The van der Waals surface area contributed by atoms with E-state index in [1.807, 2.05) is 42.6 Å². The molecule has 5 aromatic carbocycles. The van der Waals surface area contributed by atoms with Crippen molar-refractivity contribution in [2.24, 2.45) is 0 Å². The predicted octanol–water partition coefficient (Wildman–Crippen LogP) is 9.45. The zero-order valence-electron chi connectivity index (χ0n) is 24.1. The molecule has 4 nitrogen and oxygen atoms in total. The number of hydrogen-bond donors (Lipinski definition) is 1. The summed E-state index contributed by atoms with van der Waals surface area (Å²) in [5, 5.41) is 10.9. The van der Waals surface area contributed by atoms with Crippen molar-refractivity contribution >= 4 is 11.0 Å². The van der Waals surface area contributed by atoms with E-state index in [0.29, 0.717) is 11.4 Å². The fourth-order valence-electron chi connectivity index (χ4n) is 5.87. The number of phenolic OH excluding ortho intramolecular Hbond substituents is 1. The largest absolute Gasteiger partial charge is 0.507 e. The molecule has 2 aromatic heterocycles. The number of fused-ring (bicyclic) bond motifs is 1. The van der Waals surface area contributed by atoms with E-state index in [4.69, 9.17) is 4.98 Å². The molecule has 208 valence electrons. The normalized spacial score (nSPS) is 11.6. The van der Waals surface area contributed by atoms with E-state index in [2.05, 4.69) is 120 Å². The maximum absolute atomic E-state index is 10.9. The number of phenols is 1. The number of pyridine rings is 1. The summed E-state index contributed by atoms with van der Waals surface area (Å²) in [5.74, 6) is 0.885. The highest BCUT2D eigenvalue weighted by Gasteiger charge is 2.24. The van der Waals surface area contributed by atoms with Crippen molar-refractivity contribution in [2.45, 2.75) is 19.3 Å². The Hall–Kier alpha value is -5.48. The van der Waals surface area contributed by atoms with Crippen molar-refractivity contribution in [3.05, 3.63) is 157 Å². The Bertz CT molecular complexity index is 2040. The van der Waals surface area contributed by atoms with Gasteiger partial charge < -0.3 is 5.11 Å². The Labute approximate surface area is 251 Å². The molecule has 2 heterocycles. The van der Waals surface area contributed by atoms with Crippen molar-refractivity contribution in [2.75, 3.05) is 0 Å². The van der Waals surface area contributed by atoms with E-state index < -0.39 is 0 Å². The molecule has 7 aromatic rings. The summed E-state index contributed by atoms with van der Waals surface area (Å²) >= 11 is 0. The van der Waals surface area contributed by atoms with Crippen LogP contribution in [0.4, 0.5) is 0 Å². The monoisotopic (exact) mass is 557 g/mol. The SMILES string of the molecule is CC(C)(c1ccccc1)c1ccc(-n2c(-c3ccccc3O)nc3c(-c4cccc(-c5ccccn5)c4)cccc32)cc1. The number of aromatic nitrogens is 3. The molecule has 0 spiro atoms. The van der Waals surface area contributed by atoms with Crippen molar-refractivity contribution in [1.29, 1.82) is 0 Å². The standard InChI is InChI=1S/C39H31N3O/c1-39(2,29-14-4-3-5-15-29)30-21-23-31(24-22-30)42-35-19-11-17-32(37(35)41-38(42)33-16-6-7-20-36(33)43)27-12-10-13-28(26-27)34-18-8-9-25-40-34/h3-26,43H,1-2H3. The number of para-hydroxylation sites is 2. The van der Waals surface area contributed by atoms with Crippen LogP contribution < -0.4 is 0 Å². The van der Waals surface area contributed by atoms with Gasteiger partial charge in [-0.1, -0.05) is 105 Å². The fourth-order valence-corrected chi connectivity index (χ4v) is 5.87. The quantitative estimate of drug-likeness (QED) is 0.222. The molecule has 0 saturated heterocycles. The van der Waals surface area contributed by atoms with Gasteiger partial charge in [-0.3, -0.25) is 9.55 Å². The first-order valence-electron chi connectivity index (χ1n) is 14.5. The van der Waals surface area contributed by atoms with Crippen LogP contribution >= 0.6 is 0 Å². The lowest BCUT2D eigenvalue weighted by Gasteiger charge is -2.26. The summed E-state index contributed by atoms with van der Waals surface area (Å²) < 4.78 is 2.15. The molecule has 43 heavy (non-hydrogen) atoms. The van der Waals surface area contributed by atoms with Gasteiger partial charge in [0.25, 0.3) is 0 Å². The van der Waals surface area contributed by atoms with Gasteiger partial charge in [0.1, 0.15) is 11.6 Å². The lowest BCUT2D eigenvalue weighted by molar-refractivity contribution is 0.477. The second-order valence-corrected chi connectivity index (χ2v) is 11.3. The van der Waals surface area contributed by atoms with E-state index in [0.717, 1.165) is 39.1 Å². The van der Waals surface area contributed by atoms with E-state index >= 15 is 0 Å². The minimum atomic E-state index is -0.150. The molecule has 0 aliphatic heterocycles. The number of hydrogen-bond acceptors (Lipinski definition) is 3. The highest BCUT2D eigenvalue weighted by molar-refractivity contribution is 5.96. The van der Waals surface area contributed by atoms with Gasteiger partial charge in [0.15, 0.2) is 0 Å². The third-order valence-electron chi connectivity index (χ3n) is 8.31. The minimum Gasteiger partial charge on any atom is -0.507 e. The van der Waals surface area contributed by atoms with Gasteiger partial charge >= 0.3 is 0 Å². The third kappa shape index (κ3) is 4.77. The van der Waals surface area contributed by atoms with Gasteiger partial charge in [-0.15, -0.1) is 0 Å². The van der Waals surface area contributed by atoms with Crippen LogP contribution in [-0.2, 0) is 5.41 Å². The van der Waals surface area contributed by atoms with Crippen LogP contribution in [0, 0.1) is 0 Å². The zero-order chi connectivity index (χ0) is 29.4. The second-order valence-electron chi connectivity index (χ2n) is 11.3. The number of benzene rings is 5. The Balaban J connectivity index is 1.40. The Morgan fingerprint density at radius 1 is 0.605 bits per heavy atom. The van der Waals surface area contributed by atoms with E-state index in [9.17, 15) is 5.11 Å². The van der Waals surface area contributed by atoms with Crippen molar-refractivity contribution in [3.63, 3.8) is 0 Å². The summed E-state index contributed by atoms with van der Waals surface area (Å²) in [7, 11) is 0. The maximum Gasteiger partial charge on any atom is 0.149 e. The van der Waals surface area contributed by atoms with E-state index in [1.54, 1.807) is 6.07 Å². The molecule has 0 radical (unpaired) electrons. The number of aromatic hydroxyl groups is 1. The smallest absolute Gasteiger partial charge is 0.149 e. The van der Waals surface area contributed by atoms with Crippen LogP contribution in [0.15, 0.2) is 146 Å². The zero-order valence-corrected chi connectivity index (χ0v) is 24.1. The summed E-state index contributed by atoms with van der Waals surface area (Å²) in [4.78, 5) is 9.75. The molecule has 0 saturated carbocycles. The molecule has 0 aliphatic rings. The van der Waals surface area contributed by atoms with Crippen molar-refractivity contribution in [3.8, 4) is 45.2 Å². The van der Waals surface area contributed by atoms with Gasteiger partial charge in [-0.25, -0.2) is 4.98 Å². The van der Waals surface area contributed by atoms with Gasteiger partial charge in [0.05, 0.1) is 22.3 Å². The van der Waals surface area contributed by atoms with Gasteiger partial charge in [-0.05, 0) is 65.2 Å². The van der Waals surface area contributed by atoms with Crippen LogP contribution in [0.25, 0.3) is 50.5 Å². The molecule has 0 atom stereocenters. The van der Waals surface area contributed by atoms with Crippen molar-refractivity contribution in [1.82, 2.24) is 14.5 Å². The van der Waals surface area contributed by atoms with Crippen LogP contribution in [-0.4, -0.2) is 19.6 Å². The van der Waals surface area contributed by atoms with Crippen molar-refractivity contribution < 1.29 is 5.11 Å². The van der Waals surface area contributed by atoms with E-state index in [-0.39, 0.29) is 11.2 Å². The number of rotatable bonds is 6. The van der Waals surface area contributed by atoms with Gasteiger partial charge in [0, 0.05) is 28.4 Å². The molecular formula is C39H31N3O. The molecule has 1 N–H and O–H groups in total. The molecule has 4 heteroatoms. The number of imidazole rings is 1. The highest BCUT2D eigenvalue weighted by Crippen LogP contribution is 2.38.